The number of thiazole rings is 1. The van der Waals surface area contributed by atoms with E-state index in [1.807, 2.05) is 42.5 Å². The molecule has 1 saturated heterocycles. The van der Waals surface area contributed by atoms with Crippen molar-refractivity contribution in [2.45, 2.75) is 38.9 Å². The highest BCUT2D eigenvalue weighted by Gasteiger charge is 2.31. The molecule has 3 aromatic rings. The van der Waals surface area contributed by atoms with Crippen molar-refractivity contribution in [2.24, 2.45) is 0 Å². The van der Waals surface area contributed by atoms with E-state index in [1.54, 1.807) is 11.3 Å². The fourth-order valence-corrected chi connectivity index (χ4v) is 4.17. The normalized spacial score (nSPS) is 15.7. The second kappa shape index (κ2) is 9.09. The van der Waals surface area contributed by atoms with Crippen molar-refractivity contribution in [1.29, 1.82) is 0 Å². The number of nitrogens with one attached hydrogen (secondary N) is 1. The lowest BCUT2D eigenvalue weighted by Gasteiger charge is -2.08. The molecule has 0 spiro atoms. The van der Waals surface area contributed by atoms with Crippen LogP contribution in [0.1, 0.15) is 29.0 Å². The zero-order valence-electron chi connectivity index (χ0n) is 16.6. The second-order valence-electron chi connectivity index (χ2n) is 7.10. The highest BCUT2D eigenvalue weighted by molar-refractivity contribution is 7.15. The van der Waals surface area contributed by atoms with Gasteiger partial charge in [0.05, 0.1) is 5.69 Å². The monoisotopic (exact) mass is 422 g/mol. The molecule has 0 saturated carbocycles. The van der Waals surface area contributed by atoms with Crippen molar-refractivity contribution in [3.05, 3.63) is 70.7 Å². The molecule has 0 bridgehead atoms. The van der Waals surface area contributed by atoms with Gasteiger partial charge >= 0.3 is 6.09 Å². The number of cyclic esters (lactones) is 1. The smallest absolute Gasteiger partial charge is 0.414 e. The maximum absolute atomic E-state index is 11.5. The molecule has 1 aliphatic heterocycles. The third kappa shape index (κ3) is 4.86. The Bertz CT molecular complexity index is 1030. The van der Waals surface area contributed by atoms with Gasteiger partial charge in [-0.2, -0.15) is 0 Å². The standard InChI is InChI=1S/C23H22N2O4S/c1-15-19(24-22(30-15)17-7-3-2-4-8-17)14-28-18-12-10-16(11-13-18)6-5-9-20-21(26)25-23(27)29-20/h2-4,7-8,10-13,20H,5-6,9,14H2,1H3,(H,25,26,27)/t20-/m1/s1. The number of hydrogen-bond donors (Lipinski definition) is 1. The highest BCUT2D eigenvalue weighted by atomic mass is 32.1. The molecule has 2 amide bonds. The number of ether oxygens (including phenoxy) is 2. The number of carbonyl (C=O) groups excluding carboxylic acids is 2. The molecule has 0 radical (unpaired) electrons. The van der Waals surface area contributed by atoms with Crippen LogP contribution in [0.4, 0.5) is 4.79 Å². The number of aryl methyl sites for hydroxylation is 2. The van der Waals surface area contributed by atoms with E-state index in [0.29, 0.717) is 13.0 Å². The average Bonchev–Trinajstić information content (AvgIpc) is 3.29. The number of aromatic nitrogens is 1. The van der Waals surface area contributed by atoms with Crippen LogP contribution in [-0.4, -0.2) is 23.1 Å². The molecule has 1 aliphatic rings. The number of rotatable bonds is 8. The van der Waals surface area contributed by atoms with Gasteiger partial charge in [-0.15, -0.1) is 11.3 Å². The predicted molar refractivity (Wildman–Crippen MR) is 114 cm³/mol. The van der Waals surface area contributed by atoms with E-state index in [4.69, 9.17) is 14.5 Å². The molecule has 6 nitrogen and oxygen atoms in total. The van der Waals surface area contributed by atoms with E-state index in [-0.39, 0.29) is 5.91 Å². The van der Waals surface area contributed by atoms with Crippen molar-refractivity contribution in [1.82, 2.24) is 10.3 Å². The van der Waals surface area contributed by atoms with Gasteiger partial charge in [0.25, 0.3) is 5.91 Å². The molecule has 1 N–H and O–H groups in total. The third-order valence-corrected chi connectivity index (χ3v) is 5.97. The number of carbonyl (C=O) groups is 2. The third-order valence-electron chi connectivity index (χ3n) is 4.91. The van der Waals surface area contributed by atoms with E-state index in [2.05, 4.69) is 24.4 Å². The van der Waals surface area contributed by atoms with Gasteiger partial charge in [-0.05, 0) is 43.9 Å². The van der Waals surface area contributed by atoms with E-state index in [0.717, 1.165) is 45.3 Å². The minimum atomic E-state index is -0.665. The summed E-state index contributed by atoms with van der Waals surface area (Å²) in [6, 6.07) is 18.1. The molecule has 0 unspecified atom stereocenters. The lowest BCUT2D eigenvalue weighted by Crippen LogP contribution is -2.24. The molecule has 154 valence electrons. The average molecular weight is 423 g/mol. The molecular formula is C23H22N2O4S. The zero-order valence-corrected chi connectivity index (χ0v) is 17.4. The van der Waals surface area contributed by atoms with Crippen LogP contribution in [0.3, 0.4) is 0 Å². The second-order valence-corrected chi connectivity index (χ2v) is 8.30. The van der Waals surface area contributed by atoms with Gasteiger partial charge in [0, 0.05) is 10.4 Å². The Morgan fingerprint density at radius 3 is 2.57 bits per heavy atom. The van der Waals surface area contributed by atoms with Crippen LogP contribution in [0.2, 0.25) is 0 Å². The summed E-state index contributed by atoms with van der Waals surface area (Å²) in [7, 11) is 0. The molecule has 2 aromatic carbocycles. The number of hydrogen-bond acceptors (Lipinski definition) is 6. The molecule has 0 aliphatic carbocycles. The van der Waals surface area contributed by atoms with Crippen molar-refractivity contribution in [3.63, 3.8) is 0 Å². The van der Waals surface area contributed by atoms with Crippen LogP contribution < -0.4 is 10.1 Å². The Morgan fingerprint density at radius 1 is 1.10 bits per heavy atom. The molecule has 1 atom stereocenters. The molecular weight excluding hydrogens is 400 g/mol. The Morgan fingerprint density at radius 2 is 1.87 bits per heavy atom. The molecule has 30 heavy (non-hydrogen) atoms. The number of alkyl carbamates (subject to hydrolysis) is 1. The van der Waals surface area contributed by atoms with Gasteiger partial charge < -0.3 is 9.47 Å². The molecule has 1 aromatic heterocycles. The highest BCUT2D eigenvalue weighted by Crippen LogP contribution is 2.28. The predicted octanol–water partition coefficient (Wildman–Crippen LogP) is 4.66. The number of nitrogens with zero attached hydrogens (tertiary/aromatic N) is 1. The first-order valence-corrected chi connectivity index (χ1v) is 10.6. The van der Waals surface area contributed by atoms with Crippen molar-refractivity contribution in [2.75, 3.05) is 0 Å². The first-order chi connectivity index (χ1) is 14.6. The maximum Gasteiger partial charge on any atom is 0.414 e. The van der Waals surface area contributed by atoms with Crippen LogP contribution in [0.25, 0.3) is 10.6 Å². The first kappa shape index (κ1) is 20.1. The summed E-state index contributed by atoms with van der Waals surface area (Å²) >= 11 is 1.67. The Hall–Kier alpha value is -3.19. The summed E-state index contributed by atoms with van der Waals surface area (Å²) in [5, 5.41) is 3.15. The summed E-state index contributed by atoms with van der Waals surface area (Å²) in [4.78, 5) is 28.4. The van der Waals surface area contributed by atoms with Crippen molar-refractivity contribution >= 4 is 23.3 Å². The maximum atomic E-state index is 11.5. The molecule has 4 rings (SSSR count). The summed E-state index contributed by atoms with van der Waals surface area (Å²) < 4.78 is 10.8. The van der Waals surface area contributed by atoms with E-state index in [9.17, 15) is 9.59 Å². The van der Waals surface area contributed by atoms with Crippen LogP contribution in [0.5, 0.6) is 5.75 Å². The summed E-state index contributed by atoms with van der Waals surface area (Å²) in [5.74, 6) is 0.438. The largest absolute Gasteiger partial charge is 0.487 e. The van der Waals surface area contributed by atoms with Gasteiger partial charge in [-0.3, -0.25) is 10.1 Å². The number of amides is 2. The summed E-state index contributed by atoms with van der Waals surface area (Å²) in [6.07, 6.45) is 0.752. The van der Waals surface area contributed by atoms with E-state index < -0.39 is 12.2 Å². The van der Waals surface area contributed by atoms with Gasteiger partial charge in [0.15, 0.2) is 6.10 Å². The topological polar surface area (TPSA) is 77.5 Å². The van der Waals surface area contributed by atoms with Gasteiger partial charge in [-0.25, -0.2) is 9.78 Å². The zero-order chi connectivity index (χ0) is 20.9. The van der Waals surface area contributed by atoms with Crippen molar-refractivity contribution < 1.29 is 19.1 Å². The van der Waals surface area contributed by atoms with Crippen LogP contribution in [0, 0.1) is 6.92 Å². The van der Waals surface area contributed by atoms with Gasteiger partial charge in [0.2, 0.25) is 0 Å². The summed E-state index contributed by atoms with van der Waals surface area (Å²) in [5.41, 5.74) is 3.21. The Kier molecular flexibility index (Phi) is 6.09. The van der Waals surface area contributed by atoms with Crippen LogP contribution in [0.15, 0.2) is 54.6 Å². The van der Waals surface area contributed by atoms with Crippen LogP contribution >= 0.6 is 11.3 Å². The lowest BCUT2D eigenvalue weighted by atomic mass is 10.1. The fourth-order valence-electron chi connectivity index (χ4n) is 3.25. The van der Waals surface area contributed by atoms with Gasteiger partial charge in [-0.1, -0.05) is 42.5 Å². The fraction of sp³-hybridized carbons (Fsp3) is 0.261. The van der Waals surface area contributed by atoms with Gasteiger partial charge in [0.1, 0.15) is 17.4 Å². The minimum Gasteiger partial charge on any atom is -0.487 e. The van der Waals surface area contributed by atoms with E-state index in [1.165, 1.54) is 0 Å². The van der Waals surface area contributed by atoms with Crippen molar-refractivity contribution in [3.8, 4) is 16.3 Å². The number of benzene rings is 2. The molecule has 1 fully saturated rings. The Labute approximate surface area is 178 Å². The lowest BCUT2D eigenvalue weighted by molar-refractivity contribution is -0.123. The quantitative estimate of drug-likeness (QED) is 0.571. The minimum absolute atomic E-state index is 0.350. The molecule has 2 heterocycles. The first-order valence-electron chi connectivity index (χ1n) is 9.83. The number of imide groups is 1. The SMILES string of the molecule is Cc1sc(-c2ccccc2)nc1COc1ccc(CCC[C@H]2OC(=O)NC2=O)cc1. The van der Waals surface area contributed by atoms with E-state index >= 15 is 0 Å². The summed E-state index contributed by atoms with van der Waals surface area (Å²) in [6.45, 7) is 2.49. The molecule has 7 heteroatoms. The Balaban J connectivity index is 1.27. The van der Waals surface area contributed by atoms with Crippen LogP contribution in [-0.2, 0) is 22.6 Å².